The second-order valence-corrected chi connectivity index (χ2v) is 5.47. The Morgan fingerprint density at radius 3 is 2.92 bits per heavy atom. The van der Waals surface area contributed by atoms with Gasteiger partial charge in [-0.1, -0.05) is 0 Å². The normalized spacial score (nSPS) is 11.1. The first-order valence-corrected chi connectivity index (χ1v) is 7.89. The van der Waals surface area contributed by atoms with Gasteiger partial charge < -0.3 is 15.4 Å². The van der Waals surface area contributed by atoms with Gasteiger partial charge in [0.2, 0.25) is 5.65 Å². The molecule has 1 aromatic carbocycles. The van der Waals surface area contributed by atoms with Gasteiger partial charge in [0.25, 0.3) is 0 Å². The largest absolute Gasteiger partial charge is 0.383 e. The minimum atomic E-state index is 0.583. The van der Waals surface area contributed by atoms with E-state index in [1.54, 1.807) is 25.7 Å². The molecule has 0 saturated heterocycles. The Bertz CT molecular complexity index is 1010. The molecule has 0 saturated carbocycles. The average Bonchev–Trinajstić information content (AvgIpc) is 3.05. The second kappa shape index (κ2) is 6.70. The Balaban J connectivity index is 1.63. The summed E-state index contributed by atoms with van der Waals surface area (Å²) in [6.45, 7) is 1.34. The van der Waals surface area contributed by atoms with Crippen molar-refractivity contribution < 1.29 is 4.74 Å². The van der Waals surface area contributed by atoms with Gasteiger partial charge in [-0.25, -0.2) is 15.0 Å². The number of nitrogens with one attached hydrogen (secondary N) is 3. The molecule has 0 atom stereocenters. The van der Waals surface area contributed by atoms with E-state index in [1.165, 1.54) is 0 Å². The van der Waals surface area contributed by atoms with Gasteiger partial charge in [-0.3, -0.25) is 5.10 Å². The Morgan fingerprint density at radius 2 is 2.00 bits per heavy atom. The van der Waals surface area contributed by atoms with E-state index < -0.39 is 0 Å². The van der Waals surface area contributed by atoms with Crippen LogP contribution < -0.4 is 10.6 Å². The van der Waals surface area contributed by atoms with Crippen molar-refractivity contribution in [1.82, 2.24) is 25.1 Å². The second-order valence-electron chi connectivity index (χ2n) is 5.47. The van der Waals surface area contributed by atoms with E-state index in [0.29, 0.717) is 24.3 Å². The number of benzene rings is 1. The fraction of sp³-hybridized carbons (Fsp3) is 0.176. The summed E-state index contributed by atoms with van der Waals surface area (Å²) >= 11 is 0. The Morgan fingerprint density at radius 1 is 1.08 bits per heavy atom. The summed E-state index contributed by atoms with van der Waals surface area (Å²) in [5.41, 5.74) is 2.22. The van der Waals surface area contributed by atoms with E-state index >= 15 is 0 Å². The predicted molar refractivity (Wildman–Crippen MR) is 97.1 cm³/mol. The highest BCUT2D eigenvalue weighted by molar-refractivity contribution is 5.95. The first-order valence-electron chi connectivity index (χ1n) is 7.89. The van der Waals surface area contributed by atoms with Crippen molar-refractivity contribution in [3.8, 4) is 0 Å². The van der Waals surface area contributed by atoms with Crippen LogP contribution in [0.3, 0.4) is 0 Å². The van der Waals surface area contributed by atoms with Crippen LogP contribution in [0.5, 0.6) is 0 Å². The van der Waals surface area contributed by atoms with E-state index in [1.807, 2.05) is 18.2 Å². The lowest BCUT2D eigenvalue weighted by Crippen LogP contribution is -2.09. The van der Waals surface area contributed by atoms with Crippen molar-refractivity contribution >= 4 is 39.3 Å². The predicted octanol–water partition coefficient (Wildman–Crippen LogP) is 2.70. The summed E-state index contributed by atoms with van der Waals surface area (Å²) in [5, 5.41) is 15.8. The number of fused-ring (bicyclic) bond motifs is 2. The Labute approximate surface area is 143 Å². The minimum absolute atomic E-state index is 0.583. The molecule has 4 aromatic rings. The fourth-order valence-corrected chi connectivity index (χ4v) is 2.65. The zero-order valence-electron chi connectivity index (χ0n) is 13.7. The van der Waals surface area contributed by atoms with Crippen molar-refractivity contribution in [2.45, 2.75) is 0 Å². The molecule has 0 unspecified atom stereocenters. The van der Waals surface area contributed by atoms with Gasteiger partial charge in [0.1, 0.15) is 5.82 Å². The summed E-state index contributed by atoms with van der Waals surface area (Å²) in [7, 11) is 1.68. The molecule has 126 valence electrons. The van der Waals surface area contributed by atoms with Gasteiger partial charge in [0.05, 0.1) is 6.61 Å². The monoisotopic (exact) mass is 335 g/mol. The van der Waals surface area contributed by atoms with E-state index in [-0.39, 0.29) is 0 Å². The molecule has 0 aliphatic heterocycles. The molecular formula is C17H17N7O. The number of hydrogen-bond acceptors (Lipinski definition) is 7. The number of hydrogen-bond donors (Lipinski definition) is 3. The van der Waals surface area contributed by atoms with Crippen molar-refractivity contribution in [2.75, 3.05) is 30.9 Å². The molecule has 0 fully saturated rings. The van der Waals surface area contributed by atoms with Gasteiger partial charge in [-0.15, -0.1) is 0 Å². The van der Waals surface area contributed by atoms with Crippen LogP contribution in [0, 0.1) is 0 Å². The number of H-pyrrole nitrogens is 1. The van der Waals surface area contributed by atoms with E-state index in [9.17, 15) is 0 Å². The fourth-order valence-electron chi connectivity index (χ4n) is 2.65. The van der Waals surface area contributed by atoms with E-state index in [4.69, 9.17) is 4.74 Å². The average molecular weight is 335 g/mol. The highest BCUT2D eigenvalue weighted by Crippen LogP contribution is 2.27. The molecule has 8 nitrogen and oxygen atoms in total. The molecule has 3 aromatic heterocycles. The lowest BCUT2D eigenvalue weighted by atomic mass is 10.1. The molecule has 3 N–H and O–H groups in total. The summed E-state index contributed by atoms with van der Waals surface area (Å²) in [6, 6.07) is 8.06. The highest BCUT2D eigenvalue weighted by Gasteiger charge is 2.08. The minimum Gasteiger partial charge on any atom is -0.383 e. The molecule has 0 aliphatic carbocycles. The quantitative estimate of drug-likeness (QED) is 0.466. The van der Waals surface area contributed by atoms with Crippen molar-refractivity contribution in [1.29, 1.82) is 0 Å². The third kappa shape index (κ3) is 3.07. The topological polar surface area (TPSA) is 101 Å². The van der Waals surface area contributed by atoms with Crippen LogP contribution in [0.1, 0.15) is 0 Å². The molecular weight excluding hydrogens is 318 g/mol. The number of nitrogens with zero attached hydrogens (tertiary/aromatic N) is 4. The molecule has 0 amide bonds. The van der Waals surface area contributed by atoms with Crippen LogP contribution in [-0.2, 0) is 4.74 Å². The standard InChI is InChI=1S/C17H17N7O/c1-25-9-8-21-15-13-3-2-12(10-11(13)4-5-19-15)22-17-14-16(23-24-17)20-7-6-18-14/h2-7,10H,8-9H2,1H3,(H,19,21)(H2,20,22,23,24). The zero-order chi connectivity index (χ0) is 17.1. The Kier molecular flexibility index (Phi) is 4.09. The van der Waals surface area contributed by atoms with Crippen LogP contribution in [0.15, 0.2) is 42.9 Å². The summed E-state index contributed by atoms with van der Waals surface area (Å²) in [5.74, 6) is 1.56. The van der Waals surface area contributed by atoms with Crippen LogP contribution in [0.4, 0.5) is 17.3 Å². The summed E-state index contributed by atoms with van der Waals surface area (Å²) in [4.78, 5) is 12.9. The molecule has 8 heteroatoms. The van der Waals surface area contributed by atoms with Crippen molar-refractivity contribution in [2.24, 2.45) is 0 Å². The third-order valence-electron chi connectivity index (χ3n) is 3.82. The number of pyridine rings is 1. The maximum atomic E-state index is 5.07. The molecule has 25 heavy (non-hydrogen) atoms. The van der Waals surface area contributed by atoms with Crippen molar-refractivity contribution in [3.05, 3.63) is 42.9 Å². The maximum absolute atomic E-state index is 5.07. The first kappa shape index (κ1) is 15.3. The van der Waals surface area contributed by atoms with E-state index in [2.05, 4.69) is 41.8 Å². The van der Waals surface area contributed by atoms with E-state index in [0.717, 1.165) is 28.1 Å². The summed E-state index contributed by atoms with van der Waals surface area (Å²) < 4.78 is 5.07. The first-order chi connectivity index (χ1) is 12.3. The number of aromatic nitrogens is 5. The molecule has 3 heterocycles. The van der Waals surface area contributed by atoms with Gasteiger partial charge in [-0.05, 0) is 29.7 Å². The number of methoxy groups -OCH3 is 1. The van der Waals surface area contributed by atoms with Crippen LogP contribution in [0.2, 0.25) is 0 Å². The number of rotatable bonds is 6. The molecule has 0 radical (unpaired) electrons. The lowest BCUT2D eigenvalue weighted by Gasteiger charge is -2.10. The molecule has 0 aliphatic rings. The maximum Gasteiger partial charge on any atom is 0.201 e. The molecule has 0 spiro atoms. The summed E-state index contributed by atoms with van der Waals surface area (Å²) in [6.07, 6.45) is 5.06. The Hall–Kier alpha value is -3.26. The lowest BCUT2D eigenvalue weighted by molar-refractivity contribution is 0.210. The number of anilines is 3. The van der Waals surface area contributed by atoms with Crippen molar-refractivity contribution in [3.63, 3.8) is 0 Å². The molecule has 0 bridgehead atoms. The SMILES string of the molecule is COCCNc1nccc2cc(Nc3[nH]nc4nccnc34)ccc12. The van der Waals surface area contributed by atoms with Crippen LogP contribution >= 0.6 is 0 Å². The van der Waals surface area contributed by atoms with Gasteiger partial charge in [0, 0.05) is 43.3 Å². The van der Waals surface area contributed by atoms with Gasteiger partial charge in [0.15, 0.2) is 11.3 Å². The third-order valence-corrected chi connectivity index (χ3v) is 3.82. The van der Waals surface area contributed by atoms with Gasteiger partial charge >= 0.3 is 0 Å². The van der Waals surface area contributed by atoms with Crippen LogP contribution in [-0.4, -0.2) is 45.4 Å². The number of aromatic amines is 1. The zero-order valence-corrected chi connectivity index (χ0v) is 13.7. The van der Waals surface area contributed by atoms with Gasteiger partial charge in [-0.2, -0.15) is 5.10 Å². The number of ether oxygens (including phenoxy) is 1. The highest BCUT2D eigenvalue weighted by atomic mass is 16.5. The van der Waals surface area contributed by atoms with Crippen LogP contribution in [0.25, 0.3) is 21.9 Å². The smallest absolute Gasteiger partial charge is 0.201 e. The molecule has 4 rings (SSSR count).